The Morgan fingerprint density at radius 1 is 1.50 bits per heavy atom. The Kier molecular flexibility index (Phi) is 2.57. The minimum absolute atomic E-state index is 0.0800. The smallest absolute Gasteiger partial charge is 0.281 e. The molecule has 0 radical (unpaired) electrons. The molecule has 16 heavy (non-hydrogen) atoms. The topological polar surface area (TPSA) is 73.8 Å². The minimum Gasteiger partial charge on any atom is -0.317 e. The van der Waals surface area contributed by atoms with Crippen molar-refractivity contribution in [2.75, 3.05) is 0 Å². The second-order valence-corrected chi connectivity index (χ2v) is 3.62. The Hall–Kier alpha value is -1.95. The maximum absolute atomic E-state index is 10.9. The van der Waals surface area contributed by atoms with Gasteiger partial charge in [-0.3, -0.25) is 10.1 Å². The molecular weight excluding hydrogens is 232 g/mol. The van der Waals surface area contributed by atoms with Gasteiger partial charge in [0.25, 0.3) is 5.69 Å². The third-order valence-corrected chi connectivity index (χ3v) is 2.34. The lowest BCUT2D eigenvalue weighted by molar-refractivity contribution is -0.384. The first kappa shape index (κ1) is 10.6. The Morgan fingerprint density at radius 2 is 2.25 bits per heavy atom. The molecule has 0 saturated carbocycles. The standard InChI is InChI=1S/C9H7ClN4O2/c1-13-5-11-12-9(13)7-3-2-6(10)4-8(7)14(15)16/h2-5H,1H3. The van der Waals surface area contributed by atoms with Gasteiger partial charge < -0.3 is 4.57 Å². The van der Waals surface area contributed by atoms with Gasteiger partial charge in [-0.2, -0.15) is 0 Å². The maximum atomic E-state index is 10.9. The van der Waals surface area contributed by atoms with Crippen LogP contribution in [0.5, 0.6) is 0 Å². The van der Waals surface area contributed by atoms with Gasteiger partial charge in [0.05, 0.1) is 10.5 Å². The Balaban J connectivity index is 2.65. The van der Waals surface area contributed by atoms with E-state index in [9.17, 15) is 10.1 Å². The second kappa shape index (κ2) is 3.90. The number of aromatic nitrogens is 3. The van der Waals surface area contributed by atoms with E-state index >= 15 is 0 Å². The Bertz CT molecular complexity index is 552. The van der Waals surface area contributed by atoms with Gasteiger partial charge in [-0.1, -0.05) is 11.6 Å². The zero-order chi connectivity index (χ0) is 11.7. The molecule has 82 valence electrons. The van der Waals surface area contributed by atoms with Crippen molar-refractivity contribution in [3.05, 3.63) is 39.7 Å². The lowest BCUT2D eigenvalue weighted by atomic mass is 10.1. The molecule has 1 heterocycles. The molecule has 1 aromatic carbocycles. The van der Waals surface area contributed by atoms with Crippen molar-refractivity contribution in [2.24, 2.45) is 7.05 Å². The van der Waals surface area contributed by atoms with Crippen molar-refractivity contribution >= 4 is 17.3 Å². The third-order valence-electron chi connectivity index (χ3n) is 2.11. The second-order valence-electron chi connectivity index (χ2n) is 3.18. The van der Waals surface area contributed by atoms with Crippen LogP contribution < -0.4 is 0 Å². The van der Waals surface area contributed by atoms with Crippen molar-refractivity contribution in [1.82, 2.24) is 14.8 Å². The summed E-state index contributed by atoms with van der Waals surface area (Å²) in [6, 6.07) is 4.44. The number of aryl methyl sites for hydroxylation is 1. The maximum Gasteiger partial charge on any atom is 0.281 e. The summed E-state index contributed by atoms with van der Waals surface area (Å²) in [5.74, 6) is 0.434. The fraction of sp³-hybridized carbons (Fsp3) is 0.111. The van der Waals surface area contributed by atoms with Crippen molar-refractivity contribution < 1.29 is 4.92 Å². The third kappa shape index (κ3) is 1.74. The summed E-state index contributed by atoms with van der Waals surface area (Å²) in [5.41, 5.74) is 0.318. The Labute approximate surface area is 95.6 Å². The fourth-order valence-electron chi connectivity index (χ4n) is 1.37. The van der Waals surface area contributed by atoms with E-state index in [1.54, 1.807) is 23.7 Å². The first-order chi connectivity index (χ1) is 7.59. The molecule has 0 amide bonds. The zero-order valence-electron chi connectivity index (χ0n) is 8.29. The van der Waals surface area contributed by atoms with Crippen LogP contribution in [-0.4, -0.2) is 19.7 Å². The van der Waals surface area contributed by atoms with Crippen molar-refractivity contribution in [3.63, 3.8) is 0 Å². The molecule has 2 aromatic rings. The highest BCUT2D eigenvalue weighted by molar-refractivity contribution is 6.30. The van der Waals surface area contributed by atoms with E-state index in [2.05, 4.69) is 10.2 Å². The first-order valence-corrected chi connectivity index (χ1v) is 4.75. The molecule has 7 heteroatoms. The fourth-order valence-corrected chi connectivity index (χ4v) is 1.54. The van der Waals surface area contributed by atoms with E-state index in [0.29, 0.717) is 16.4 Å². The highest BCUT2D eigenvalue weighted by Gasteiger charge is 2.19. The monoisotopic (exact) mass is 238 g/mol. The van der Waals surface area contributed by atoms with E-state index in [1.165, 1.54) is 12.4 Å². The van der Waals surface area contributed by atoms with Crippen LogP contribution in [0.4, 0.5) is 5.69 Å². The van der Waals surface area contributed by atoms with Crippen LogP contribution in [0.15, 0.2) is 24.5 Å². The SMILES string of the molecule is Cn1cnnc1-c1ccc(Cl)cc1[N+](=O)[O-]. The molecule has 0 aliphatic rings. The molecule has 0 saturated heterocycles. The van der Waals surface area contributed by atoms with Gasteiger partial charge >= 0.3 is 0 Å². The van der Waals surface area contributed by atoms with Gasteiger partial charge in [-0.05, 0) is 12.1 Å². The summed E-state index contributed by atoms with van der Waals surface area (Å²) in [5, 5.41) is 18.7. The molecule has 0 aliphatic heterocycles. The van der Waals surface area contributed by atoms with Gasteiger partial charge in [0.15, 0.2) is 5.82 Å². The largest absolute Gasteiger partial charge is 0.317 e. The molecule has 0 fully saturated rings. The number of rotatable bonds is 2. The Morgan fingerprint density at radius 3 is 2.81 bits per heavy atom. The van der Waals surface area contributed by atoms with Crippen LogP contribution in [0, 0.1) is 10.1 Å². The molecular formula is C9H7ClN4O2. The molecule has 6 nitrogen and oxygen atoms in total. The number of nitrogens with zero attached hydrogens (tertiary/aromatic N) is 4. The van der Waals surface area contributed by atoms with E-state index < -0.39 is 4.92 Å². The summed E-state index contributed by atoms with van der Waals surface area (Å²) in [6.07, 6.45) is 1.48. The predicted molar refractivity (Wildman–Crippen MR) is 58.1 cm³/mol. The summed E-state index contributed by atoms with van der Waals surface area (Å²) in [6.45, 7) is 0. The summed E-state index contributed by atoms with van der Waals surface area (Å²) in [4.78, 5) is 10.4. The highest BCUT2D eigenvalue weighted by Crippen LogP contribution is 2.30. The summed E-state index contributed by atoms with van der Waals surface area (Å²) >= 11 is 5.71. The number of hydrogen-bond acceptors (Lipinski definition) is 4. The van der Waals surface area contributed by atoms with E-state index in [4.69, 9.17) is 11.6 Å². The number of halogens is 1. The highest BCUT2D eigenvalue weighted by atomic mass is 35.5. The number of hydrogen-bond donors (Lipinski definition) is 0. The zero-order valence-corrected chi connectivity index (χ0v) is 9.05. The molecule has 1 aromatic heterocycles. The summed E-state index contributed by atoms with van der Waals surface area (Å²) in [7, 11) is 1.72. The molecule has 0 spiro atoms. The van der Waals surface area contributed by atoms with Crippen molar-refractivity contribution in [1.29, 1.82) is 0 Å². The number of nitro benzene ring substituents is 1. The van der Waals surface area contributed by atoms with Gasteiger partial charge in [0.1, 0.15) is 6.33 Å². The van der Waals surface area contributed by atoms with Gasteiger partial charge in [-0.25, -0.2) is 0 Å². The number of nitro groups is 1. The lowest BCUT2D eigenvalue weighted by Gasteiger charge is -2.02. The molecule has 0 atom stereocenters. The van der Waals surface area contributed by atoms with E-state index in [0.717, 1.165) is 0 Å². The van der Waals surface area contributed by atoms with Crippen molar-refractivity contribution in [2.45, 2.75) is 0 Å². The lowest BCUT2D eigenvalue weighted by Crippen LogP contribution is -1.97. The number of benzene rings is 1. The van der Waals surface area contributed by atoms with Crippen LogP contribution in [-0.2, 0) is 7.05 Å². The van der Waals surface area contributed by atoms with Gasteiger partial charge in [0.2, 0.25) is 0 Å². The van der Waals surface area contributed by atoms with Gasteiger partial charge in [-0.15, -0.1) is 10.2 Å². The quantitative estimate of drug-likeness (QED) is 0.593. The van der Waals surface area contributed by atoms with Crippen LogP contribution in [0.25, 0.3) is 11.4 Å². The van der Waals surface area contributed by atoms with E-state index in [-0.39, 0.29) is 5.69 Å². The molecule has 2 rings (SSSR count). The average molecular weight is 239 g/mol. The normalized spacial score (nSPS) is 10.4. The first-order valence-electron chi connectivity index (χ1n) is 4.38. The van der Waals surface area contributed by atoms with Crippen LogP contribution >= 0.6 is 11.6 Å². The van der Waals surface area contributed by atoms with E-state index in [1.807, 2.05) is 0 Å². The van der Waals surface area contributed by atoms with Gasteiger partial charge in [0, 0.05) is 18.1 Å². The van der Waals surface area contributed by atoms with Crippen molar-refractivity contribution in [3.8, 4) is 11.4 Å². The van der Waals surface area contributed by atoms with Crippen LogP contribution in [0.2, 0.25) is 5.02 Å². The molecule has 0 aliphatic carbocycles. The molecule has 0 unspecified atom stereocenters. The van der Waals surface area contributed by atoms with Crippen LogP contribution in [0.3, 0.4) is 0 Å². The molecule has 0 bridgehead atoms. The predicted octanol–water partition coefficient (Wildman–Crippen LogP) is 2.04. The molecule has 0 N–H and O–H groups in total. The summed E-state index contributed by atoms with van der Waals surface area (Å²) < 4.78 is 1.61. The average Bonchev–Trinajstić information content (AvgIpc) is 2.64. The minimum atomic E-state index is -0.490. The van der Waals surface area contributed by atoms with Crippen LogP contribution in [0.1, 0.15) is 0 Å².